The summed E-state index contributed by atoms with van der Waals surface area (Å²) in [6.45, 7) is 0. The lowest BCUT2D eigenvalue weighted by Gasteiger charge is -2.29. The van der Waals surface area contributed by atoms with Crippen molar-refractivity contribution in [2.75, 3.05) is 0 Å². The van der Waals surface area contributed by atoms with Crippen LogP contribution < -0.4 is 0 Å². The van der Waals surface area contributed by atoms with Crippen LogP contribution in [0.4, 0.5) is 0 Å². The van der Waals surface area contributed by atoms with E-state index in [1.165, 1.54) is 25.7 Å². The minimum atomic E-state index is -0.120. The summed E-state index contributed by atoms with van der Waals surface area (Å²) in [6.07, 6.45) is 8.11. The van der Waals surface area contributed by atoms with E-state index in [1.807, 2.05) is 0 Å². The molecule has 80 valence electrons. The van der Waals surface area contributed by atoms with Crippen molar-refractivity contribution in [1.82, 2.24) is 0 Å². The average molecular weight is 196 g/mol. The van der Waals surface area contributed by atoms with Gasteiger partial charge in [-0.1, -0.05) is 12.8 Å². The Morgan fingerprint density at radius 2 is 1.50 bits per heavy atom. The zero-order chi connectivity index (χ0) is 9.97. The van der Waals surface area contributed by atoms with Crippen LogP contribution in [0.25, 0.3) is 0 Å². The highest BCUT2D eigenvalue weighted by Crippen LogP contribution is 2.35. The summed E-state index contributed by atoms with van der Waals surface area (Å²) in [6, 6.07) is 0. The number of aliphatic hydroxyl groups is 1. The zero-order valence-electron chi connectivity index (χ0n) is 8.74. The summed E-state index contributed by atoms with van der Waals surface area (Å²) in [5.74, 6) is 1.34. The van der Waals surface area contributed by atoms with Crippen molar-refractivity contribution in [3.05, 3.63) is 0 Å². The molecule has 1 N–H and O–H groups in total. The Morgan fingerprint density at radius 3 is 2.07 bits per heavy atom. The van der Waals surface area contributed by atoms with Crippen LogP contribution in [0.3, 0.4) is 0 Å². The Kier molecular flexibility index (Phi) is 3.22. The van der Waals surface area contributed by atoms with Crippen molar-refractivity contribution in [3.63, 3.8) is 0 Å². The Hall–Kier alpha value is -0.370. The molecule has 2 nitrogen and oxygen atoms in total. The third kappa shape index (κ3) is 2.17. The lowest BCUT2D eigenvalue weighted by Crippen LogP contribution is -2.31. The maximum Gasteiger partial charge on any atom is 0.132 e. The van der Waals surface area contributed by atoms with Crippen molar-refractivity contribution in [1.29, 1.82) is 0 Å². The van der Waals surface area contributed by atoms with E-state index in [9.17, 15) is 9.90 Å². The van der Waals surface area contributed by atoms with Gasteiger partial charge in [-0.15, -0.1) is 0 Å². The molecule has 0 saturated heterocycles. The quantitative estimate of drug-likeness (QED) is 0.735. The van der Waals surface area contributed by atoms with E-state index in [4.69, 9.17) is 0 Å². The molecule has 2 aliphatic carbocycles. The molecule has 0 heterocycles. The summed E-state index contributed by atoms with van der Waals surface area (Å²) in [5, 5.41) is 10.1. The molecular formula is C12H20O2. The second kappa shape index (κ2) is 4.43. The van der Waals surface area contributed by atoms with Gasteiger partial charge in [-0.2, -0.15) is 0 Å². The van der Waals surface area contributed by atoms with Crippen molar-refractivity contribution < 1.29 is 9.90 Å². The van der Waals surface area contributed by atoms with Gasteiger partial charge in [-0.3, -0.25) is 4.79 Å². The fourth-order valence-electron chi connectivity index (χ4n) is 2.99. The SMILES string of the molecule is O=C1CCC(C(O)C2CCCC2)CC1. The summed E-state index contributed by atoms with van der Waals surface area (Å²) in [7, 11) is 0. The third-order valence-corrected chi connectivity index (χ3v) is 3.95. The number of hydrogen-bond acceptors (Lipinski definition) is 2. The standard InChI is InChI=1S/C12H20O2/c13-11-7-5-10(6-8-11)12(14)9-3-1-2-4-9/h9-10,12,14H,1-8H2. The first-order chi connectivity index (χ1) is 6.77. The molecule has 2 rings (SSSR count). The minimum Gasteiger partial charge on any atom is -0.393 e. The van der Waals surface area contributed by atoms with E-state index in [0.717, 1.165) is 12.8 Å². The summed E-state index contributed by atoms with van der Waals surface area (Å²) >= 11 is 0. The smallest absolute Gasteiger partial charge is 0.132 e. The van der Waals surface area contributed by atoms with Crippen molar-refractivity contribution in [3.8, 4) is 0 Å². The van der Waals surface area contributed by atoms with Crippen LogP contribution in [-0.4, -0.2) is 17.0 Å². The van der Waals surface area contributed by atoms with Gasteiger partial charge in [0.2, 0.25) is 0 Å². The molecule has 2 saturated carbocycles. The topological polar surface area (TPSA) is 37.3 Å². The summed E-state index contributed by atoms with van der Waals surface area (Å²) < 4.78 is 0. The number of carbonyl (C=O) groups excluding carboxylic acids is 1. The van der Waals surface area contributed by atoms with Crippen LogP contribution in [0.1, 0.15) is 51.4 Å². The number of Topliss-reactive ketones (excluding diaryl/α,β-unsaturated/α-hetero) is 1. The van der Waals surface area contributed by atoms with Crippen LogP contribution in [-0.2, 0) is 4.79 Å². The second-order valence-electron chi connectivity index (χ2n) is 4.91. The van der Waals surface area contributed by atoms with Crippen LogP contribution >= 0.6 is 0 Å². The van der Waals surface area contributed by atoms with Crippen molar-refractivity contribution in [2.45, 2.75) is 57.5 Å². The Balaban J connectivity index is 1.84. The molecular weight excluding hydrogens is 176 g/mol. The first kappa shape index (κ1) is 10.2. The van der Waals surface area contributed by atoms with Gasteiger partial charge >= 0.3 is 0 Å². The van der Waals surface area contributed by atoms with Gasteiger partial charge in [0.1, 0.15) is 5.78 Å². The van der Waals surface area contributed by atoms with E-state index >= 15 is 0 Å². The van der Waals surface area contributed by atoms with E-state index in [1.54, 1.807) is 0 Å². The monoisotopic (exact) mass is 196 g/mol. The normalized spacial score (nSPS) is 28.2. The predicted octanol–water partition coefficient (Wildman–Crippen LogP) is 2.30. The van der Waals surface area contributed by atoms with Gasteiger partial charge in [0, 0.05) is 12.8 Å². The second-order valence-corrected chi connectivity index (χ2v) is 4.91. The summed E-state index contributed by atoms with van der Waals surface area (Å²) in [4.78, 5) is 11.1. The molecule has 0 aromatic rings. The molecule has 14 heavy (non-hydrogen) atoms. The maximum absolute atomic E-state index is 11.1. The average Bonchev–Trinajstić information content (AvgIpc) is 2.71. The lowest BCUT2D eigenvalue weighted by molar-refractivity contribution is -0.122. The molecule has 0 aliphatic heterocycles. The molecule has 2 heteroatoms. The fraction of sp³-hybridized carbons (Fsp3) is 0.917. The third-order valence-electron chi connectivity index (χ3n) is 3.95. The largest absolute Gasteiger partial charge is 0.393 e. The molecule has 0 bridgehead atoms. The molecule has 0 aromatic carbocycles. The minimum absolute atomic E-state index is 0.120. The number of ketones is 1. The highest BCUT2D eigenvalue weighted by atomic mass is 16.3. The molecule has 0 radical (unpaired) electrons. The molecule has 2 aliphatic rings. The van der Waals surface area contributed by atoms with E-state index in [-0.39, 0.29) is 6.10 Å². The van der Waals surface area contributed by atoms with E-state index < -0.39 is 0 Å². The van der Waals surface area contributed by atoms with Gasteiger partial charge in [-0.25, -0.2) is 0 Å². The van der Waals surface area contributed by atoms with E-state index in [0.29, 0.717) is 30.5 Å². The fourth-order valence-corrected chi connectivity index (χ4v) is 2.99. The van der Waals surface area contributed by atoms with Crippen molar-refractivity contribution >= 4 is 5.78 Å². The number of aliphatic hydroxyl groups excluding tert-OH is 1. The van der Waals surface area contributed by atoms with Crippen LogP contribution in [0, 0.1) is 11.8 Å². The zero-order valence-corrected chi connectivity index (χ0v) is 8.74. The van der Waals surface area contributed by atoms with Gasteiger partial charge < -0.3 is 5.11 Å². The van der Waals surface area contributed by atoms with Crippen molar-refractivity contribution in [2.24, 2.45) is 11.8 Å². The highest BCUT2D eigenvalue weighted by Gasteiger charge is 2.31. The molecule has 1 atom stereocenters. The number of hydrogen-bond donors (Lipinski definition) is 1. The Labute approximate surface area is 85.7 Å². The first-order valence-electron chi connectivity index (χ1n) is 5.97. The Morgan fingerprint density at radius 1 is 1.00 bits per heavy atom. The highest BCUT2D eigenvalue weighted by molar-refractivity contribution is 5.79. The molecule has 0 spiro atoms. The van der Waals surface area contributed by atoms with Gasteiger partial charge in [0.05, 0.1) is 6.10 Å². The van der Waals surface area contributed by atoms with Gasteiger partial charge in [0.25, 0.3) is 0 Å². The molecule has 0 amide bonds. The van der Waals surface area contributed by atoms with Gasteiger partial charge in [-0.05, 0) is 37.5 Å². The number of carbonyl (C=O) groups is 1. The molecule has 2 fully saturated rings. The molecule has 0 aromatic heterocycles. The molecule has 1 unspecified atom stereocenters. The van der Waals surface area contributed by atoms with E-state index in [2.05, 4.69) is 0 Å². The van der Waals surface area contributed by atoms with Crippen LogP contribution in [0.15, 0.2) is 0 Å². The van der Waals surface area contributed by atoms with Crippen LogP contribution in [0.5, 0.6) is 0 Å². The predicted molar refractivity (Wildman–Crippen MR) is 54.9 cm³/mol. The van der Waals surface area contributed by atoms with Gasteiger partial charge in [0.15, 0.2) is 0 Å². The maximum atomic E-state index is 11.1. The number of rotatable bonds is 2. The Bertz CT molecular complexity index is 196. The first-order valence-corrected chi connectivity index (χ1v) is 5.97. The summed E-state index contributed by atoms with van der Waals surface area (Å²) in [5.41, 5.74) is 0. The van der Waals surface area contributed by atoms with Crippen LogP contribution in [0.2, 0.25) is 0 Å². The lowest BCUT2D eigenvalue weighted by atomic mass is 9.79.